The highest BCUT2D eigenvalue weighted by atomic mass is 16.5. The molecule has 0 fully saturated rings. The number of furan rings is 1. The van der Waals surface area contributed by atoms with Crippen LogP contribution in [-0.4, -0.2) is 11.1 Å². The van der Waals surface area contributed by atoms with Crippen molar-refractivity contribution in [3.63, 3.8) is 0 Å². The lowest BCUT2D eigenvalue weighted by Crippen LogP contribution is -2.08. The van der Waals surface area contributed by atoms with E-state index in [2.05, 4.69) is 0 Å². The van der Waals surface area contributed by atoms with Gasteiger partial charge in [-0.15, -0.1) is 0 Å². The molecule has 2 aromatic heterocycles. The van der Waals surface area contributed by atoms with Gasteiger partial charge in [0.15, 0.2) is 0 Å². The van der Waals surface area contributed by atoms with E-state index in [0.717, 1.165) is 0 Å². The van der Waals surface area contributed by atoms with Gasteiger partial charge in [0.05, 0.1) is 12.7 Å². The first-order valence-electron chi connectivity index (χ1n) is 7.05. The zero-order chi connectivity index (χ0) is 16.2. The molecule has 1 aromatic carbocycles. The van der Waals surface area contributed by atoms with Crippen LogP contribution < -0.4 is 5.63 Å². The smallest absolute Gasteiger partial charge is 0.336 e. The van der Waals surface area contributed by atoms with Crippen molar-refractivity contribution in [3.05, 3.63) is 64.4 Å². The summed E-state index contributed by atoms with van der Waals surface area (Å²) < 4.78 is 15.4. The standard InChI is InChI=1S/C17H14O6/c18-12-3-5-14-11(8-17(20)23-15(14)9-12)10-22-16(19)6-4-13-2-1-7-21-13/h1-3,5,7-9,18H,4,6,10H2. The molecule has 2 heterocycles. The minimum Gasteiger partial charge on any atom is -0.508 e. The molecule has 0 bridgehead atoms. The summed E-state index contributed by atoms with van der Waals surface area (Å²) in [4.78, 5) is 23.3. The van der Waals surface area contributed by atoms with Crippen LogP contribution >= 0.6 is 0 Å². The number of aromatic hydroxyl groups is 1. The second kappa shape index (κ2) is 6.39. The Kier molecular flexibility index (Phi) is 4.14. The highest BCUT2D eigenvalue weighted by Gasteiger charge is 2.10. The van der Waals surface area contributed by atoms with Crippen molar-refractivity contribution in [2.24, 2.45) is 0 Å². The SMILES string of the molecule is O=C(CCc1ccco1)OCc1cc(=O)oc2cc(O)ccc12. The van der Waals surface area contributed by atoms with Crippen molar-refractivity contribution in [2.75, 3.05) is 0 Å². The number of hydrogen-bond acceptors (Lipinski definition) is 6. The van der Waals surface area contributed by atoms with Crippen LogP contribution in [0.5, 0.6) is 5.75 Å². The fraction of sp³-hybridized carbons (Fsp3) is 0.176. The molecule has 0 atom stereocenters. The topological polar surface area (TPSA) is 89.9 Å². The Morgan fingerprint density at radius 3 is 2.87 bits per heavy atom. The van der Waals surface area contributed by atoms with Gasteiger partial charge in [-0.25, -0.2) is 4.79 Å². The van der Waals surface area contributed by atoms with Crippen molar-refractivity contribution in [1.82, 2.24) is 0 Å². The second-order valence-electron chi connectivity index (χ2n) is 5.01. The fourth-order valence-electron chi connectivity index (χ4n) is 2.25. The van der Waals surface area contributed by atoms with Gasteiger partial charge in [0, 0.05) is 29.5 Å². The summed E-state index contributed by atoms with van der Waals surface area (Å²) in [5.41, 5.74) is 0.214. The Morgan fingerprint density at radius 1 is 1.22 bits per heavy atom. The summed E-state index contributed by atoms with van der Waals surface area (Å²) >= 11 is 0. The van der Waals surface area contributed by atoms with E-state index < -0.39 is 5.63 Å². The van der Waals surface area contributed by atoms with Gasteiger partial charge in [0.1, 0.15) is 23.7 Å². The average Bonchev–Trinajstić information content (AvgIpc) is 3.03. The lowest BCUT2D eigenvalue weighted by atomic mass is 10.1. The van der Waals surface area contributed by atoms with E-state index >= 15 is 0 Å². The van der Waals surface area contributed by atoms with Crippen LogP contribution in [0.4, 0.5) is 0 Å². The number of rotatable bonds is 5. The summed E-state index contributed by atoms with van der Waals surface area (Å²) in [7, 11) is 0. The molecule has 0 unspecified atom stereocenters. The summed E-state index contributed by atoms with van der Waals surface area (Å²) in [6.45, 7) is -0.0378. The molecule has 0 spiro atoms. The van der Waals surface area contributed by atoms with Crippen LogP contribution in [0.25, 0.3) is 11.0 Å². The maximum atomic E-state index is 11.8. The third-order valence-electron chi connectivity index (χ3n) is 3.36. The van der Waals surface area contributed by atoms with Crippen LogP contribution in [0.15, 0.2) is 56.3 Å². The number of aryl methyl sites for hydroxylation is 1. The monoisotopic (exact) mass is 314 g/mol. The molecular weight excluding hydrogens is 300 g/mol. The molecule has 0 saturated carbocycles. The van der Waals surface area contributed by atoms with E-state index in [4.69, 9.17) is 13.6 Å². The third-order valence-corrected chi connectivity index (χ3v) is 3.36. The summed E-state index contributed by atoms with van der Waals surface area (Å²) in [6, 6.07) is 9.25. The molecule has 0 aliphatic carbocycles. The quantitative estimate of drug-likeness (QED) is 0.575. The molecule has 0 aliphatic heterocycles. The van der Waals surface area contributed by atoms with Gasteiger partial charge >= 0.3 is 11.6 Å². The van der Waals surface area contributed by atoms with Gasteiger partial charge in [0.2, 0.25) is 0 Å². The van der Waals surface area contributed by atoms with E-state index in [9.17, 15) is 14.7 Å². The maximum absolute atomic E-state index is 11.8. The molecule has 118 valence electrons. The van der Waals surface area contributed by atoms with E-state index in [1.54, 1.807) is 24.5 Å². The van der Waals surface area contributed by atoms with Crippen LogP contribution in [-0.2, 0) is 22.6 Å². The summed E-state index contributed by atoms with van der Waals surface area (Å²) in [6.07, 6.45) is 2.19. The number of phenols is 1. The molecule has 6 nitrogen and oxygen atoms in total. The van der Waals surface area contributed by atoms with Crippen LogP contribution in [0.1, 0.15) is 17.7 Å². The van der Waals surface area contributed by atoms with Gasteiger partial charge in [-0.3, -0.25) is 4.79 Å². The number of ether oxygens (including phenoxy) is 1. The third kappa shape index (κ3) is 3.60. The van der Waals surface area contributed by atoms with Gasteiger partial charge in [-0.2, -0.15) is 0 Å². The Bertz CT molecular complexity index is 876. The van der Waals surface area contributed by atoms with Gasteiger partial charge in [0.25, 0.3) is 0 Å². The molecule has 0 radical (unpaired) electrons. The van der Waals surface area contributed by atoms with E-state index in [-0.39, 0.29) is 30.3 Å². The minimum atomic E-state index is -0.565. The number of fused-ring (bicyclic) bond motifs is 1. The van der Waals surface area contributed by atoms with Gasteiger partial charge in [-0.05, 0) is 24.3 Å². The lowest BCUT2D eigenvalue weighted by molar-refractivity contribution is -0.144. The van der Waals surface area contributed by atoms with Crippen LogP contribution in [0.3, 0.4) is 0 Å². The van der Waals surface area contributed by atoms with Crippen molar-refractivity contribution >= 4 is 16.9 Å². The van der Waals surface area contributed by atoms with Crippen LogP contribution in [0.2, 0.25) is 0 Å². The minimum absolute atomic E-state index is 0.00626. The highest BCUT2D eigenvalue weighted by molar-refractivity contribution is 5.81. The molecule has 3 aromatic rings. The first-order chi connectivity index (χ1) is 11.1. The van der Waals surface area contributed by atoms with Crippen LogP contribution in [0, 0.1) is 0 Å². The van der Waals surface area contributed by atoms with Crippen molar-refractivity contribution in [2.45, 2.75) is 19.4 Å². The van der Waals surface area contributed by atoms with Gasteiger partial charge < -0.3 is 18.7 Å². The Labute approximate surface area is 130 Å². The summed E-state index contributed by atoms with van der Waals surface area (Å²) in [5.74, 6) is 0.318. The average molecular weight is 314 g/mol. The predicted molar refractivity (Wildman–Crippen MR) is 81.0 cm³/mol. The molecule has 23 heavy (non-hydrogen) atoms. The normalized spacial score (nSPS) is 10.8. The van der Waals surface area contributed by atoms with Crippen molar-refractivity contribution in [3.8, 4) is 5.75 Å². The number of benzene rings is 1. The predicted octanol–water partition coefficient (Wildman–Crippen LogP) is 2.77. The molecule has 0 saturated heterocycles. The van der Waals surface area contributed by atoms with E-state index in [1.807, 2.05) is 0 Å². The second-order valence-corrected chi connectivity index (χ2v) is 5.01. The number of carbonyl (C=O) groups excluding carboxylic acids is 1. The highest BCUT2D eigenvalue weighted by Crippen LogP contribution is 2.22. The molecule has 0 amide bonds. The Balaban J connectivity index is 1.69. The zero-order valence-electron chi connectivity index (χ0n) is 12.2. The molecule has 1 N–H and O–H groups in total. The molecule has 3 rings (SSSR count). The maximum Gasteiger partial charge on any atom is 0.336 e. The number of hydrogen-bond donors (Lipinski definition) is 1. The number of phenolic OH excluding ortho intramolecular Hbond substituents is 1. The molecule has 6 heteroatoms. The van der Waals surface area contributed by atoms with Gasteiger partial charge in [-0.1, -0.05) is 0 Å². The molecule has 0 aliphatic rings. The first kappa shape index (κ1) is 14.9. The number of carbonyl (C=O) groups is 1. The van der Waals surface area contributed by atoms with E-state index in [1.165, 1.54) is 18.2 Å². The zero-order valence-corrected chi connectivity index (χ0v) is 12.2. The molecular formula is C17H14O6. The van der Waals surface area contributed by atoms with E-state index in [0.29, 0.717) is 23.1 Å². The fourth-order valence-corrected chi connectivity index (χ4v) is 2.25. The Morgan fingerprint density at radius 2 is 2.09 bits per heavy atom. The van der Waals surface area contributed by atoms with Crippen molar-refractivity contribution in [1.29, 1.82) is 0 Å². The lowest BCUT2D eigenvalue weighted by Gasteiger charge is -2.07. The Hall–Kier alpha value is -3.02. The first-order valence-corrected chi connectivity index (χ1v) is 7.05. The largest absolute Gasteiger partial charge is 0.508 e. The van der Waals surface area contributed by atoms with Crippen molar-refractivity contribution < 1.29 is 23.5 Å². The summed E-state index contributed by atoms with van der Waals surface area (Å²) in [5, 5.41) is 10.0. The number of esters is 1.